The van der Waals surface area contributed by atoms with E-state index in [4.69, 9.17) is 0 Å². The monoisotopic (exact) mass is 254 g/mol. The van der Waals surface area contributed by atoms with Gasteiger partial charge < -0.3 is 5.32 Å². The summed E-state index contributed by atoms with van der Waals surface area (Å²) in [5.74, 6) is 0.545. The summed E-state index contributed by atoms with van der Waals surface area (Å²) < 4.78 is 35.6. The van der Waals surface area contributed by atoms with Crippen LogP contribution in [0.4, 0.5) is 13.2 Å². The van der Waals surface area contributed by atoms with E-state index in [0.717, 1.165) is 11.7 Å². The molecule has 16 heavy (non-hydrogen) atoms. The van der Waals surface area contributed by atoms with Crippen LogP contribution in [0.15, 0.2) is 4.99 Å². The summed E-state index contributed by atoms with van der Waals surface area (Å²) in [6.45, 7) is 5.36. The number of halogens is 3. The first-order chi connectivity index (χ1) is 7.38. The van der Waals surface area contributed by atoms with Crippen LogP contribution in [0.2, 0.25) is 0 Å². The molecule has 0 spiro atoms. The zero-order valence-corrected chi connectivity index (χ0v) is 10.3. The summed E-state index contributed by atoms with van der Waals surface area (Å²) in [6.07, 6.45) is -4.67. The highest BCUT2D eigenvalue weighted by atomic mass is 32.2. The van der Waals surface area contributed by atoms with Gasteiger partial charge in [-0.25, -0.2) is 0 Å². The van der Waals surface area contributed by atoms with Gasteiger partial charge in [0, 0.05) is 18.2 Å². The van der Waals surface area contributed by atoms with Gasteiger partial charge in [-0.2, -0.15) is 13.2 Å². The van der Waals surface area contributed by atoms with E-state index in [1.807, 2.05) is 0 Å². The molecule has 1 rings (SSSR count). The standard InChI is InChI=1S/C10H17F3N2S/c1-7(2)8-6-15-9(16-8)14-5-3-4-10(11,12)13/h7-8H,3-6H2,1-2H3,(H,14,15). The SMILES string of the molecule is CC(C)C1CN=C(NCCCC(F)(F)F)S1. The fraction of sp³-hybridized carbons (Fsp3) is 0.900. The normalized spacial score (nSPS) is 21.4. The van der Waals surface area contributed by atoms with Gasteiger partial charge in [0.1, 0.15) is 0 Å². The molecule has 0 radical (unpaired) electrons. The van der Waals surface area contributed by atoms with Crippen LogP contribution < -0.4 is 5.32 Å². The smallest absolute Gasteiger partial charge is 0.365 e. The maximum Gasteiger partial charge on any atom is 0.389 e. The summed E-state index contributed by atoms with van der Waals surface area (Å²) in [6, 6.07) is 0. The van der Waals surface area contributed by atoms with E-state index in [0.29, 0.717) is 17.7 Å². The zero-order chi connectivity index (χ0) is 12.2. The van der Waals surface area contributed by atoms with Gasteiger partial charge in [-0.1, -0.05) is 25.6 Å². The van der Waals surface area contributed by atoms with E-state index in [1.165, 1.54) is 0 Å². The molecule has 0 aliphatic carbocycles. The molecule has 0 bridgehead atoms. The molecule has 0 fully saturated rings. The summed E-state index contributed by atoms with van der Waals surface area (Å²) in [7, 11) is 0. The molecule has 0 saturated carbocycles. The molecule has 0 aromatic carbocycles. The first-order valence-electron chi connectivity index (χ1n) is 5.40. The number of alkyl halides is 3. The van der Waals surface area contributed by atoms with Crippen molar-refractivity contribution in [1.29, 1.82) is 0 Å². The molecule has 1 heterocycles. The molecule has 0 saturated heterocycles. The lowest BCUT2D eigenvalue weighted by molar-refractivity contribution is -0.135. The minimum atomic E-state index is -4.05. The fourth-order valence-corrected chi connectivity index (χ4v) is 2.36. The summed E-state index contributed by atoms with van der Waals surface area (Å²) in [4.78, 5) is 4.26. The van der Waals surface area contributed by atoms with Gasteiger partial charge in [0.25, 0.3) is 0 Å². The first kappa shape index (κ1) is 13.7. The second-order valence-electron chi connectivity index (χ2n) is 4.19. The van der Waals surface area contributed by atoms with Crippen molar-refractivity contribution >= 4 is 16.9 Å². The molecule has 1 atom stereocenters. The Morgan fingerprint density at radius 2 is 2.19 bits per heavy atom. The minimum absolute atomic E-state index is 0.107. The molecule has 1 N–H and O–H groups in total. The van der Waals surface area contributed by atoms with Crippen LogP contribution in [-0.2, 0) is 0 Å². The van der Waals surface area contributed by atoms with Crippen molar-refractivity contribution in [2.75, 3.05) is 13.1 Å². The second kappa shape index (κ2) is 5.80. The molecule has 0 aromatic rings. The topological polar surface area (TPSA) is 24.4 Å². The van der Waals surface area contributed by atoms with E-state index < -0.39 is 12.6 Å². The van der Waals surface area contributed by atoms with Gasteiger partial charge in [-0.15, -0.1) is 0 Å². The Kier molecular flexibility index (Phi) is 4.95. The van der Waals surface area contributed by atoms with E-state index in [-0.39, 0.29) is 6.42 Å². The highest BCUT2D eigenvalue weighted by molar-refractivity contribution is 8.14. The quantitative estimate of drug-likeness (QED) is 0.780. The number of nitrogens with zero attached hydrogens (tertiary/aromatic N) is 1. The lowest BCUT2D eigenvalue weighted by atomic mass is 10.1. The van der Waals surface area contributed by atoms with E-state index in [1.54, 1.807) is 11.8 Å². The number of hydrogen-bond donors (Lipinski definition) is 1. The Morgan fingerprint density at radius 3 is 2.69 bits per heavy atom. The summed E-state index contributed by atoms with van der Waals surface area (Å²) in [5.41, 5.74) is 0. The van der Waals surface area contributed by atoms with E-state index in [9.17, 15) is 13.2 Å². The number of aliphatic imine (C=N–C) groups is 1. The average Bonchev–Trinajstić information content (AvgIpc) is 2.59. The van der Waals surface area contributed by atoms with Gasteiger partial charge in [0.05, 0.1) is 6.54 Å². The van der Waals surface area contributed by atoms with Gasteiger partial charge in [-0.3, -0.25) is 4.99 Å². The number of thioether (sulfide) groups is 1. The van der Waals surface area contributed by atoms with Crippen molar-refractivity contribution < 1.29 is 13.2 Å². The predicted molar refractivity (Wildman–Crippen MR) is 61.8 cm³/mol. The second-order valence-corrected chi connectivity index (χ2v) is 5.42. The Hall–Kier alpha value is -0.390. The molecule has 2 nitrogen and oxygen atoms in total. The lowest BCUT2D eigenvalue weighted by Crippen LogP contribution is -2.23. The van der Waals surface area contributed by atoms with Crippen molar-refractivity contribution in [2.24, 2.45) is 10.9 Å². The molecule has 0 aromatic heterocycles. The Morgan fingerprint density at radius 1 is 1.50 bits per heavy atom. The van der Waals surface area contributed by atoms with Gasteiger partial charge >= 0.3 is 6.18 Å². The van der Waals surface area contributed by atoms with Crippen molar-refractivity contribution in [3.8, 4) is 0 Å². The van der Waals surface area contributed by atoms with E-state index >= 15 is 0 Å². The third-order valence-corrected chi connectivity index (χ3v) is 3.83. The highest BCUT2D eigenvalue weighted by Crippen LogP contribution is 2.26. The Labute approximate surface area is 98.1 Å². The van der Waals surface area contributed by atoms with Crippen molar-refractivity contribution in [3.63, 3.8) is 0 Å². The number of hydrogen-bond acceptors (Lipinski definition) is 3. The predicted octanol–water partition coefficient (Wildman–Crippen LogP) is 3.05. The Balaban J connectivity index is 2.12. The largest absolute Gasteiger partial charge is 0.389 e. The third kappa shape index (κ3) is 5.09. The number of nitrogens with one attached hydrogen (secondary N) is 1. The zero-order valence-electron chi connectivity index (χ0n) is 9.47. The molecule has 1 aliphatic rings. The van der Waals surface area contributed by atoms with Crippen LogP contribution >= 0.6 is 11.8 Å². The maximum atomic E-state index is 11.9. The average molecular weight is 254 g/mol. The van der Waals surface area contributed by atoms with Crippen molar-refractivity contribution in [1.82, 2.24) is 5.32 Å². The fourth-order valence-electron chi connectivity index (χ4n) is 1.32. The summed E-state index contributed by atoms with van der Waals surface area (Å²) >= 11 is 1.63. The van der Waals surface area contributed by atoms with Crippen LogP contribution in [0.5, 0.6) is 0 Å². The van der Waals surface area contributed by atoms with Crippen LogP contribution in [0, 0.1) is 5.92 Å². The van der Waals surface area contributed by atoms with Crippen LogP contribution in [0.25, 0.3) is 0 Å². The van der Waals surface area contributed by atoms with Gasteiger partial charge in [0.2, 0.25) is 0 Å². The van der Waals surface area contributed by atoms with E-state index in [2.05, 4.69) is 24.2 Å². The van der Waals surface area contributed by atoms with Crippen molar-refractivity contribution in [2.45, 2.75) is 38.1 Å². The minimum Gasteiger partial charge on any atom is -0.365 e. The van der Waals surface area contributed by atoms with Gasteiger partial charge in [-0.05, 0) is 12.3 Å². The van der Waals surface area contributed by atoms with Crippen LogP contribution in [-0.4, -0.2) is 29.7 Å². The molecule has 1 unspecified atom stereocenters. The van der Waals surface area contributed by atoms with Gasteiger partial charge in [0.15, 0.2) is 5.17 Å². The first-order valence-corrected chi connectivity index (χ1v) is 6.28. The highest BCUT2D eigenvalue weighted by Gasteiger charge is 2.26. The molecule has 0 amide bonds. The number of rotatable bonds is 4. The Bertz CT molecular complexity index is 251. The molecule has 94 valence electrons. The molecule has 1 aliphatic heterocycles. The molecule has 6 heteroatoms. The lowest BCUT2D eigenvalue weighted by Gasteiger charge is -2.12. The van der Waals surface area contributed by atoms with Crippen LogP contribution in [0.1, 0.15) is 26.7 Å². The summed E-state index contributed by atoms with van der Waals surface area (Å²) in [5, 5.41) is 4.21. The molecular formula is C10H17F3N2S. The number of amidine groups is 1. The van der Waals surface area contributed by atoms with Crippen molar-refractivity contribution in [3.05, 3.63) is 0 Å². The maximum absolute atomic E-state index is 11.9. The van der Waals surface area contributed by atoms with Crippen LogP contribution in [0.3, 0.4) is 0 Å². The third-order valence-electron chi connectivity index (χ3n) is 2.33. The molecular weight excluding hydrogens is 237 g/mol.